The third kappa shape index (κ3) is 3.39. The summed E-state index contributed by atoms with van der Waals surface area (Å²) in [5.41, 5.74) is 11.2. The molecule has 0 spiro atoms. The maximum atomic E-state index is 6.28. The van der Waals surface area contributed by atoms with Gasteiger partial charge in [0.2, 0.25) is 0 Å². The predicted molar refractivity (Wildman–Crippen MR) is 89.0 cm³/mol. The standard InChI is InChI=1S/C20H19N/c21-20(19-9-5-2-6-10-19)15-16-11-13-18(14-12-16)17-7-3-1-4-8-17/h1-14,20H,15,21H2/t20-/m0/s1. The number of rotatable bonds is 4. The SMILES string of the molecule is N[C@@H](Cc1ccc(-c2ccccc2)cc1)c1ccccc1. The zero-order valence-electron chi connectivity index (χ0n) is 11.9. The first-order chi connectivity index (χ1) is 10.3. The monoisotopic (exact) mass is 273 g/mol. The van der Waals surface area contributed by atoms with Crippen molar-refractivity contribution in [3.8, 4) is 11.1 Å². The van der Waals surface area contributed by atoms with Crippen molar-refractivity contribution in [2.75, 3.05) is 0 Å². The first-order valence-electron chi connectivity index (χ1n) is 7.28. The van der Waals surface area contributed by atoms with E-state index in [2.05, 4.69) is 60.7 Å². The molecule has 1 atom stereocenters. The summed E-state index contributed by atoms with van der Waals surface area (Å²) in [6.45, 7) is 0. The topological polar surface area (TPSA) is 26.0 Å². The Hall–Kier alpha value is -2.38. The van der Waals surface area contributed by atoms with Gasteiger partial charge in [0.05, 0.1) is 0 Å². The van der Waals surface area contributed by atoms with Crippen LogP contribution in [0.2, 0.25) is 0 Å². The molecule has 0 saturated heterocycles. The molecule has 0 aliphatic rings. The first-order valence-corrected chi connectivity index (χ1v) is 7.28. The largest absolute Gasteiger partial charge is 0.324 e. The minimum Gasteiger partial charge on any atom is -0.324 e. The van der Waals surface area contributed by atoms with E-state index < -0.39 is 0 Å². The molecule has 0 aliphatic heterocycles. The van der Waals surface area contributed by atoms with Gasteiger partial charge in [-0.15, -0.1) is 0 Å². The Labute approximate surface area is 126 Å². The van der Waals surface area contributed by atoms with E-state index in [4.69, 9.17) is 5.73 Å². The second-order valence-electron chi connectivity index (χ2n) is 5.28. The van der Waals surface area contributed by atoms with Crippen LogP contribution in [0, 0.1) is 0 Å². The lowest BCUT2D eigenvalue weighted by atomic mass is 9.97. The summed E-state index contributed by atoms with van der Waals surface area (Å²) in [6.07, 6.45) is 0.860. The van der Waals surface area contributed by atoms with Crippen LogP contribution in [0.4, 0.5) is 0 Å². The maximum absolute atomic E-state index is 6.28. The molecule has 0 aliphatic carbocycles. The Balaban J connectivity index is 1.73. The number of hydrogen-bond acceptors (Lipinski definition) is 1. The third-order valence-electron chi connectivity index (χ3n) is 3.74. The van der Waals surface area contributed by atoms with Gasteiger partial charge in [0.1, 0.15) is 0 Å². The van der Waals surface area contributed by atoms with Gasteiger partial charge in [-0.1, -0.05) is 84.9 Å². The van der Waals surface area contributed by atoms with E-state index in [0.29, 0.717) is 0 Å². The van der Waals surface area contributed by atoms with Crippen LogP contribution in [0.3, 0.4) is 0 Å². The lowest BCUT2D eigenvalue weighted by Crippen LogP contribution is -2.13. The van der Waals surface area contributed by atoms with Crippen LogP contribution in [0.25, 0.3) is 11.1 Å². The Bertz CT molecular complexity index is 672. The van der Waals surface area contributed by atoms with Gasteiger partial charge in [0, 0.05) is 6.04 Å². The van der Waals surface area contributed by atoms with E-state index in [1.807, 2.05) is 24.3 Å². The Kier molecular flexibility index (Phi) is 4.13. The highest BCUT2D eigenvalue weighted by atomic mass is 14.6. The molecular formula is C20H19N. The summed E-state index contributed by atoms with van der Waals surface area (Å²) in [4.78, 5) is 0. The molecule has 0 bridgehead atoms. The molecule has 0 saturated carbocycles. The predicted octanol–water partition coefficient (Wildman–Crippen LogP) is 4.60. The fourth-order valence-electron chi connectivity index (χ4n) is 2.54. The second kappa shape index (κ2) is 6.38. The van der Waals surface area contributed by atoms with Gasteiger partial charge in [-0.3, -0.25) is 0 Å². The minimum absolute atomic E-state index is 0.0498. The normalized spacial score (nSPS) is 12.0. The second-order valence-corrected chi connectivity index (χ2v) is 5.28. The highest BCUT2D eigenvalue weighted by molar-refractivity contribution is 5.63. The molecule has 3 aromatic rings. The molecule has 3 aromatic carbocycles. The molecule has 104 valence electrons. The van der Waals surface area contributed by atoms with Crippen molar-refractivity contribution in [2.24, 2.45) is 5.73 Å². The van der Waals surface area contributed by atoms with Crippen molar-refractivity contribution in [3.63, 3.8) is 0 Å². The van der Waals surface area contributed by atoms with Crippen molar-refractivity contribution in [3.05, 3.63) is 96.1 Å². The Morgan fingerprint density at radius 2 is 1.14 bits per heavy atom. The van der Waals surface area contributed by atoms with Gasteiger partial charge in [0.25, 0.3) is 0 Å². The zero-order valence-corrected chi connectivity index (χ0v) is 11.9. The van der Waals surface area contributed by atoms with Crippen molar-refractivity contribution in [2.45, 2.75) is 12.5 Å². The first kappa shape index (κ1) is 13.6. The lowest BCUT2D eigenvalue weighted by molar-refractivity contribution is 0.722. The molecular weight excluding hydrogens is 254 g/mol. The smallest absolute Gasteiger partial charge is 0.0335 e. The van der Waals surface area contributed by atoms with Gasteiger partial charge >= 0.3 is 0 Å². The molecule has 0 heterocycles. The van der Waals surface area contributed by atoms with Crippen LogP contribution in [0.1, 0.15) is 17.2 Å². The van der Waals surface area contributed by atoms with E-state index in [1.165, 1.54) is 22.3 Å². The highest BCUT2D eigenvalue weighted by Crippen LogP contribution is 2.21. The average Bonchev–Trinajstić information content (AvgIpc) is 2.57. The molecule has 1 nitrogen and oxygen atoms in total. The fraction of sp³-hybridized carbons (Fsp3) is 0.100. The molecule has 0 radical (unpaired) electrons. The molecule has 2 N–H and O–H groups in total. The summed E-state index contributed by atoms with van der Waals surface area (Å²) >= 11 is 0. The third-order valence-corrected chi connectivity index (χ3v) is 3.74. The van der Waals surface area contributed by atoms with E-state index in [0.717, 1.165) is 6.42 Å². The van der Waals surface area contributed by atoms with Gasteiger partial charge in [-0.25, -0.2) is 0 Å². The minimum atomic E-state index is 0.0498. The molecule has 0 amide bonds. The van der Waals surface area contributed by atoms with Crippen molar-refractivity contribution in [1.82, 2.24) is 0 Å². The lowest BCUT2D eigenvalue weighted by Gasteiger charge is -2.12. The average molecular weight is 273 g/mol. The van der Waals surface area contributed by atoms with E-state index in [1.54, 1.807) is 0 Å². The maximum Gasteiger partial charge on any atom is 0.0335 e. The molecule has 0 fully saturated rings. The van der Waals surface area contributed by atoms with E-state index in [-0.39, 0.29) is 6.04 Å². The summed E-state index contributed by atoms with van der Waals surface area (Å²) < 4.78 is 0. The van der Waals surface area contributed by atoms with Crippen LogP contribution < -0.4 is 5.73 Å². The van der Waals surface area contributed by atoms with Gasteiger partial charge < -0.3 is 5.73 Å². The molecule has 1 heteroatoms. The van der Waals surface area contributed by atoms with Crippen LogP contribution >= 0.6 is 0 Å². The Morgan fingerprint density at radius 3 is 1.76 bits per heavy atom. The van der Waals surface area contributed by atoms with Crippen LogP contribution in [0.5, 0.6) is 0 Å². The molecule has 3 rings (SSSR count). The van der Waals surface area contributed by atoms with Crippen molar-refractivity contribution >= 4 is 0 Å². The van der Waals surface area contributed by atoms with Gasteiger partial charge in [-0.2, -0.15) is 0 Å². The quantitative estimate of drug-likeness (QED) is 0.739. The highest BCUT2D eigenvalue weighted by Gasteiger charge is 2.06. The number of benzene rings is 3. The number of hydrogen-bond donors (Lipinski definition) is 1. The number of nitrogens with two attached hydrogens (primary N) is 1. The van der Waals surface area contributed by atoms with Crippen LogP contribution in [-0.4, -0.2) is 0 Å². The summed E-state index contributed by atoms with van der Waals surface area (Å²) in [5, 5.41) is 0. The summed E-state index contributed by atoms with van der Waals surface area (Å²) in [6, 6.07) is 29.4. The van der Waals surface area contributed by atoms with E-state index in [9.17, 15) is 0 Å². The Morgan fingerprint density at radius 1 is 0.619 bits per heavy atom. The summed E-state index contributed by atoms with van der Waals surface area (Å²) in [5.74, 6) is 0. The van der Waals surface area contributed by atoms with Gasteiger partial charge in [-0.05, 0) is 28.7 Å². The molecule has 0 unspecified atom stereocenters. The fourth-order valence-corrected chi connectivity index (χ4v) is 2.54. The molecule has 0 aromatic heterocycles. The molecule has 21 heavy (non-hydrogen) atoms. The van der Waals surface area contributed by atoms with Crippen molar-refractivity contribution in [1.29, 1.82) is 0 Å². The van der Waals surface area contributed by atoms with Crippen LogP contribution in [0.15, 0.2) is 84.9 Å². The van der Waals surface area contributed by atoms with Crippen LogP contribution in [-0.2, 0) is 6.42 Å². The summed E-state index contributed by atoms with van der Waals surface area (Å²) in [7, 11) is 0. The van der Waals surface area contributed by atoms with Gasteiger partial charge in [0.15, 0.2) is 0 Å². The van der Waals surface area contributed by atoms with E-state index >= 15 is 0 Å². The zero-order chi connectivity index (χ0) is 14.5. The van der Waals surface area contributed by atoms with Crippen molar-refractivity contribution < 1.29 is 0 Å².